The molecule has 0 radical (unpaired) electrons. The number of thioether (sulfide) groups is 1. The number of ether oxygens (including phenoxy) is 1. The smallest absolute Gasteiger partial charge is 0.316 e. The summed E-state index contributed by atoms with van der Waals surface area (Å²) in [5, 5.41) is 15.5. The molecule has 2 aliphatic rings. The second kappa shape index (κ2) is 11.0. The van der Waals surface area contributed by atoms with Crippen molar-refractivity contribution in [3.05, 3.63) is 0 Å². The molecule has 2 atom stereocenters. The standard InChI is InChI=1S/C19H30N4O3S2/c1-13-7-5-6-10-15(13)21-16(24)11-26-17(25)12-27-19-23-22-18(28-19)20-14-8-3-2-4-9-14/h13-15H,2-12H2,1H3,(H,20,22)(H,21,24)/t13-,15+/m1/s1. The molecule has 1 aromatic heterocycles. The van der Waals surface area contributed by atoms with Gasteiger partial charge in [-0.15, -0.1) is 10.2 Å². The Morgan fingerprint density at radius 1 is 1.11 bits per heavy atom. The van der Waals surface area contributed by atoms with Gasteiger partial charge >= 0.3 is 5.97 Å². The lowest BCUT2D eigenvalue weighted by molar-refractivity contribution is -0.146. The minimum Gasteiger partial charge on any atom is -0.455 e. The fraction of sp³-hybridized carbons (Fsp3) is 0.789. The SMILES string of the molecule is C[C@@H]1CCCC[C@@H]1NC(=O)COC(=O)CSc1nnc(NC2CCCCC2)s1. The first-order chi connectivity index (χ1) is 13.6. The number of carbonyl (C=O) groups excluding carboxylic acids is 2. The number of nitrogens with one attached hydrogen (secondary N) is 2. The highest BCUT2D eigenvalue weighted by Gasteiger charge is 2.23. The van der Waals surface area contributed by atoms with Crippen LogP contribution in [0.5, 0.6) is 0 Å². The highest BCUT2D eigenvalue weighted by Crippen LogP contribution is 2.28. The maximum atomic E-state index is 12.0. The average molecular weight is 427 g/mol. The highest BCUT2D eigenvalue weighted by atomic mass is 32.2. The Labute approximate surface area is 174 Å². The van der Waals surface area contributed by atoms with E-state index in [4.69, 9.17) is 4.74 Å². The van der Waals surface area contributed by atoms with E-state index in [-0.39, 0.29) is 24.3 Å². The van der Waals surface area contributed by atoms with E-state index in [0.717, 1.165) is 28.7 Å². The Hall–Kier alpha value is -1.35. The zero-order valence-electron chi connectivity index (χ0n) is 16.4. The quantitative estimate of drug-likeness (QED) is 0.484. The molecular formula is C19H30N4O3S2. The van der Waals surface area contributed by atoms with Crippen LogP contribution < -0.4 is 10.6 Å². The molecule has 2 N–H and O–H groups in total. The summed E-state index contributed by atoms with van der Waals surface area (Å²) in [6.07, 6.45) is 10.7. The molecule has 0 saturated heterocycles. The van der Waals surface area contributed by atoms with E-state index in [2.05, 4.69) is 27.8 Å². The molecule has 0 unspecified atom stereocenters. The van der Waals surface area contributed by atoms with Crippen LogP contribution in [0.4, 0.5) is 5.13 Å². The first-order valence-electron chi connectivity index (χ1n) is 10.3. The largest absolute Gasteiger partial charge is 0.455 e. The molecule has 0 spiro atoms. The molecule has 7 nitrogen and oxygen atoms in total. The van der Waals surface area contributed by atoms with Crippen LogP contribution in [-0.2, 0) is 14.3 Å². The topological polar surface area (TPSA) is 93.2 Å². The number of hydrogen-bond acceptors (Lipinski definition) is 8. The van der Waals surface area contributed by atoms with Crippen LogP contribution in [0.2, 0.25) is 0 Å². The molecule has 28 heavy (non-hydrogen) atoms. The van der Waals surface area contributed by atoms with E-state index in [1.807, 2.05) is 0 Å². The third-order valence-electron chi connectivity index (χ3n) is 5.47. The lowest BCUT2D eigenvalue weighted by Gasteiger charge is -2.29. The lowest BCUT2D eigenvalue weighted by Crippen LogP contribution is -2.43. The molecule has 0 aliphatic heterocycles. The maximum absolute atomic E-state index is 12.0. The fourth-order valence-electron chi connectivity index (χ4n) is 3.84. The number of aromatic nitrogens is 2. The van der Waals surface area contributed by atoms with E-state index in [0.29, 0.717) is 12.0 Å². The summed E-state index contributed by atoms with van der Waals surface area (Å²) in [7, 11) is 0. The number of rotatable bonds is 8. The van der Waals surface area contributed by atoms with Gasteiger partial charge in [0.05, 0.1) is 5.75 Å². The van der Waals surface area contributed by atoms with Crippen molar-refractivity contribution < 1.29 is 14.3 Å². The summed E-state index contributed by atoms with van der Waals surface area (Å²) in [5.74, 6) is -0.0101. The van der Waals surface area contributed by atoms with Crippen LogP contribution in [-0.4, -0.2) is 46.5 Å². The van der Waals surface area contributed by atoms with Crippen LogP contribution in [0.25, 0.3) is 0 Å². The molecule has 156 valence electrons. The van der Waals surface area contributed by atoms with Gasteiger partial charge in [-0.25, -0.2) is 0 Å². The summed E-state index contributed by atoms with van der Waals surface area (Å²) >= 11 is 2.76. The van der Waals surface area contributed by atoms with Crippen molar-refractivity contribution in [2.24, 2.45) is 5.92 Å². The molecule has 3 rings (SSSR count). The molecule has 1 amide bonds. The van der Waals surface area contributed by atoms with Crippen molar-refractivity contribution in [1.82, 2.24) is 15.5 Å². The van der Waals surface area contributed by atoms with Gasteiger partial charge in [-0.1, -0.05) is 62.1 Å². The van der Waals surface area contributed by atoms with Gasteiger partial charge in [0.2, 0.25) is 5.13 Å². The van der Waals surface area contributed by atoms with E-state index in [1.54, 1.807) is 0 Å². The van der Waals surface area contributed by atoms with Crippen LogP contribution in [0.15, 0.2) is 4.34 Å². The number of esters is 1. The van der Waals surface area contributed by atoms with E-state index >= 15 is 0 Å². The Balaban J connectivity index is 1.32. The first-order valence-corrected chi connectivity index (χ1v) is 12.1. The number of nitrogens with zero attached hydrogens (tertiary/aromatic N) is 2. The molecule has 9 heteroatoms. The third-order valence-corrected chi connectivity index (χ3v) is 7.44. The first kappa shape index (κ1) is 21.4. The van der Waals surface area contributed by atoms with Gasteiger partial charge in [0.1, 0.15) is 0 Å². The van der Waals surface area contributed by atoms with Gasteiger partial charge in [0.15, 0.2) is 10.9 Å². The van der Waals surface area contributed by atoms with E-state index < -0.39 is 5.97 Å². The molecule has 2 fully saturated rings. The Morgan fingerprint density at radius 3 is 2.64 bits per heavy atom. The minimum atomic E-state index is -0.408. The summed E-state index contributed by atoms with van der Waals surface area (Å²) in [5.41, 5.74) is 0. The van der Waals surface area contributed by atoms with Crippen molar-refractivity contribution in [3.8, 4) is 0 Å². The molecule has 1 aromatic rings. The number of anilines is 1. The third kappa shape index (κ3) is 6.92. The molecule has 2 saturated carbocycles. The average Bonchev–Trinajstić information content (AvgIpc) is 3.15. The van der Waals surface area contributed by atoms with Crippen LogP contribution >= 0.6 is 23.1 Å². The summed E-state index contributed by atoms with van der Waals surface area (Å²) < 4.78 is 5.83. The predicted octanol–water partition coefficient (Wildman–Crippen LogP) is 3.61. The lowest BCUT2D eigenvalue weighted by atomic mass is 9.86. The predicted molar refractivity (Wildman–Crippen MR) is 112 cm³/mol. The van der Waals surface area contributed by atoms with Gasteiger partial charge in [-0.2, -0.15) is 0 Å². The van der Waals surface area contributed by atoms with Crippen molar-refractivity contribution in [3.63, 3.8) is 0 Å². The number of amides is 1. The zero-order chi connectivity index (χ0) is 19.8. The van der Waals surface area contributed by atoms with Crippen molar-refractivity contribution >= 4 is 40.1 Å². The van der Waals surface area contributed by atoms with Gasteiger partial charge in [-0.3, -0.25) is 9.59 Å². The Morgan fingerprint density at radius 2 is 1.86 bits per heavy atom. The normalized spacial score (nSPS) is 23.2. The minimum absolute atomic E-state index is 0.130. The molecule has 1 heterocycles. The van der Waals surface area contributed by atoms with Gasteiger partial charge < -0.3 is 15.4 Å². The van der Waals surface area contributed by atoms with E-state index in [9.17, 15) is 9.59 Å². The Kier molecular flexibility index (Phi) is 8.39. The van der Waals surface area contributed by atoms with Crippen molar-refractivity contribution in [1.29, 1.82) is 0 Å². The second-order valence-corrected chi connectivity index (χ2v) is 9.94. The van der Waals surface area contributed by atoms with Crippen molar-refractivity contribution in [2.75, 3.05) is 17.7 Å². The molecule has 0 bridgehead atoms. The summed E-state index contributed by atoms with van der Waals surface area (Å²) in [6, 6.07) is 0.681. The Bertz CT molecular complexity index is 649. The van der Waals surface area contributed by atoms with Gasteiger partial charge in [-0.05, 0) is 31.6 Å². The van der Waals surface area contributed by atoms with Gasteiger partial charge in [0.25, 0.3) is 5.91 Å². The number of carbonyl (C=O) groups is 2. The summed E-state index contributed by atoms with van der Waals surface area (Å²) in [6.45, 7) is 1.94. The van der Waals surface area contributed by atoms with Crippen LogP contribution in [0.3, 0.4) is 0 Å². The van der Waals surface area contributed by atoms with Crippen molar-refractivity contribution in [2.45, 2.75) is 81.1 Å². The highest BCUT2D eigenvalue weighted by molar-refractivity contribution is 8.01. The van der Waals surface area contributed by atoms with Crippen LogP contribution in [0.1, 0.15) is 64.7 Å². The number of hydrogen-bond donors (Lipinski definition) is 2. The van der Waals surface area contributed by atoms with Gasteiger partial charge in [0, 0.05) is 12.1 Å². The molecular weight excluding hydrogens is 396 g/mol. The fourth-order valence-corrected chi connectivity index (χ4v) is 5.46. The molecule has 0 aromatic carbocycles. The summed E-state index contributed by atoms with van der Waals surface area (Å²) in [4.78, 5) is 23.9. The molecule has 2 aliphatic carbocycles. The second-order valence-electron chi connectivity index (χ2n) is 7.74. The monoisotopic (exact) mass is 426 g/mol. The zero-order valence-corrected chi connectivity index (χ0v) is 18.1. The van der Waals surface area contributed by atoms with Crippen LogP contribution in [0, 0.1) is 5.92 Å². The van der Waals surface area contributed by atoms with E-state index in [1.165, 1.54) is 61.6 Å². The maximum Gasteiger partial charge on any atom is 0.316 e.